The van der Waals surface area contributed by atoms with Gasteiger partial charge in [-0.3, -0.25) is 0 Å². The van der Waals surface area contributed by atoms with Gasteiger partial charge in [0.15, 0.2) is 5.69 Å². The first-order chi connectivity index (χ1) is 13.7. The van der Waals surface area contributed by atoms with Gasteiger partial charge in [-0.25, -0.2) is 19.3 Å². The van der Waals surface area contributed by atoms with E-state index < -0.39 is 11.9 Å². The minimum absolute atomic E-state index is 0.0110. The molecule has 4 aromatic rings. The Morgan fingerprint density at radius 1 is 0.964 bits per heavy atom. The largest absolute Gasteiger partial charge is 0.465 e. The maximum atomic E-state index is 12.7. The number of aromatic amines is 1. The Labute approximate surface area is 159 Å². The van der Waals surface area contributed by atoms with Crippen molar-refractivity contribution in [3.8, 4) is 16.9 Å². The van der Waals surface area contributed by atoms with Gasteiger partial charge >= 0.3 is 11.9 Å². The van der Waals surface area contributed by atoms with Crippen LogP contribution in [-0.4, -0.2) is 45.9 Å². The lowest BCUT2D eigenvalue weighted by molar-refractivity contribution is 0.0549. The minimum Gasteiger partial charge on any atom is -0.465 e. The molecule has 140 valence electrons. The van der Waals surface area contributed by atoms with E-state index in [4.69, 9.17) is 9.47 Å². The summed E-state index contributed by atoms with van der Waals surface area (Å²) in [6.45, 7) is 0. The Bertz CT molecular complexity index is 1180. The Morgan fingerprint density at radius 2 is 1.71 bits per heavy atom. The Kier molecular flexibility index (Phi) is 4.36. The molecular weight excluding hydrogens is 360 g/mol. The van der Waals surface area contributed by atoms with Gasteiger partial charge in [-0.2, -0.15) is 5.10 Å². The van der Waals surface area contributed by atoms with Gasteiger partial charge in [0.25, 0.3) is 0 Å². The van der Waals surface area contributed by atoms with Gasteiger partial charge in [-0.05, 0) is 18.2 Å². The van der Waals surface area contributed by atoms with Crippen molar-refractivity contribution in [3.05, 3.63) is 66.1 Å². The van der Waals surface area contributed by atoms with Crippen molar-refractivity contribution in [2.24, 2.45) is 0 Å². The quantitative estimate of drug-likeness (QED) is 0.550. The number of carbonyl (C=O) groups excluding carboxylic acids is 2. The minimum atomic E-state index is -0.697. The first-order valence-corrected chi connectivity index (χ1v) is 8.43. The number of carbonyl (C=O) groups is 2. The predicted octanol–water partition coefficient (Wildman–Crippen LogP) is 2.99. The maximum Gasteiger partial charge on any atom is 0.357 e. The molecule has 0 aliphatic heterocycles. The molecule has 1 N–H and O–H groups in total. The fourth-order valence-electron chi connectivity index (χ4n) is 3.10. The monoisotopic (exact) mass is 376 g/mol. The van der Waals surface area contributed by atoms with Gasteiger partial charge in [-0.1, -0.05) is 30.3 Å². The third-order valence-electron chi connectivity index (χ3n) is 4.36. The summed E-state index contributed by atoms with van der Waals surface area (Å²) in [6, 6.07) is 14.5. The fraction of sp³-hybridized carbons (Fsp3) is 0.100. The van der Waals surface area contributed by atoms with Crippen LogP contribution < -0.4 is 0 Å². The van der Waals surface area contributed by atoms with Gasteiger partial charge in [-0.15, -0.1) is 0 Å². The normalized spacial score (nSPS) is 10.8. The number of rotatable bonds is 4. The van der Waals surface area contributed by atoms with E-state index in [-0.39, 0.29) is 17.0 Å². The summed E-state index contributed by atoms with van der Waals surface area (Å²) < 4.78 is 11.3. The number of esters is 2. The molecule has 0 spiro atoms. The summed E-state index contributed by atoms with van der Waals surface area (Å²) in [7, 11) is 2.50. The molecule has 2 heterocycles. The Hall–Kier alpha value is -3.94. The molecule has 0 bridgehead atoms. The molecule has 28 heavy (non-hydrogen) atoms. The third-order valence-corrected chi connectivity index (χ3v) is 4.36. The summed E-state index contributed by atoms with van der Waals surface area (Å²) in [6.07, 6.45) is 1.56. The van der Waals surface area contributed by atoms with Gasteiger partial charge in [0.05, 0.1) is 37.3 Å². The van der Waals surface area contributed by atoms with Crippen molar-refractivity contribution in [2.75, 3.05) is 14.2 Å². The van der Waals surface area contributed by atoms with Crippen LogP contribution in [0, 0.1) is 0 Å². The smallest absolute Gasteiger partial charge is 0.357 e. The van der Waals surface area contributed by atoms with Crippen molar-refractivity contribution < 1.29 is 19.1 Å². The van der Waals surface area contributed by atoms with Gasteiger partial charge in [0.1, 0.15) is 11.3 Å². The number of imidazole rings is 1. The summed E-state index contributed by atoms with van der Waals surface area (Å²) in [5.74, 6) is -1.39. The number of fused-ring (bicyclic) bond motifs is 1. The lowest BCUT2D eigenvalue weighted by Crippen LogP contribution is -2.15. The fourth-order valence-corrected chi connectivity index (χ4v) is 3.10. The molecule has 8 nitrogen and oxygen atoms in total. The number of aromatic nitrogens is 4. The van der Waals surface area contributed by atoms with E-state index in [1.807, 2.05) is 30.3 Å². The SMILES string of the molecule is COC(=O)c1c(-c2cccc3[nH]cnc23)nn(-c2ccccc2)c1C(=O)OC. The van der Waals surface area contributed by atoms with E-state index in [2.05, 4.69) is 15.1 Å². The van der Waals surface area contributed by atoms with E-state index in [9.17, 15) is 9.59 Å². The van der Waals surface area contributed by atoms with Gasteiger partial charge in [0.2, 0.25) is 0 Å². The maximum absolute atomic E-state index is 12.7. The summed E-state index contributed by atoms with van der Waals surface area (Å²) in [5, 5.41) is 4.58. The average molecular weight is 376 g/mol. The number of ether oxygens (including phenoxy) is 2. The second kappa shape index (κ2) is 6.99. The van der Waals surface area contributed by atoms with Gasteiger partial charge < -0.3 is 14.5 Å². The highest BCUT2D eigenvalue weighted by molar-refractivity contribution is 6.08. The molecule has 0 amide bonds. The molecule has 0 unspecified atom stereocenters. The molecule has 2 aromatic heterocycles. The average Bonchev–Trinajstić information content (AvgIpc) is 3.38. The molecule has 0 aliphatic carbocycles. The Balaban J connectivity index is 2.09. The molecule has 2 aromatic carbocycles. The topological polar surface area (TPSA) is 99.1 Å². The van der Waals surface area contributed by atoms with E-state index >= 15 is 0 Å². The Morgan fingerprint density at radius 3 is 2.43 bits per heavy atom. The predicted molar refractivity (Wildman–Crippen MR) is 101 cm³/mol. The van der Waals surface area contributed by atoms with Crippen LogP contribution >= 0.6 is 0 Å². The standard InChI is InChI=1S/C20H16N4O4/c1-27-19(25)15-17(13-9-6-10-14-16(13)22-11-21-14)23-24(18(15)20(26)28-2)12-7-4-3-5-8-12/h3-11H,1-2H3,(H,21,22). The number of nitrogens with one attached hydrogen (secondary N) is 1. The zero-order chi connectivity index (χ0) is 19.7. The number of hydrogen-bond acceptors (Lipinski definition) is 6. The molecule has 0 saturated carbocycles. The van der Waals surface area contributed by atoms with Crippen molar-refractivity contribution in [2.45, 2.75) is 0 Å². The molecule has 8 heteroatoms. The number of benzene rings is 2. The molecule has 0 radical (unpaired) electrons. The molecule has 0 fully saturated rings. The van der Waals surface area contributed by atoms with Crippen LogP contribution in [0.1, 0.15) is 20.8 Å². The van der Waals surface area contributed by atoms with Crippen molar-refractivity contribution in [1.29, 1.82) is 0 Å². The van der Waals surface area contributed by atoms with Crippen LogP contribution in [0.4, 0.5) is 0 Å². The lowest BCUT2D eigenvalue weighted by atomic mass is 10.0. The first kappa shape index (κ1) is 17.5. The number of H-pyrrole nitrogens is 1. The van der Waals surface area contributed by atoms with Crippen LogP contribution in [0.5, 0.6) is 0 Å². The zero-order valence-corrected chi connectivity index (χ0v) is 15.2. The van der Waals surface area contributed by atoms with Crippen LogP contribution in [0.15, 0.2) is 54.9 Å². The number of para-hydroxylation sites is 2. The van der Waals surface area contributed by atoms with Crippen LogP contribution in [0.3, 0.4) is 0 Å². The highest BCUT2D eigenvalue weighted by Crippen LogP contribution is 2.32. The zero-order valence-electron chi connectivity index (χ0n) is 15.2. The molecule has 0 aliphatic rings. The van der Waals surface area contributed by atoms with E-state index in [1.165, 1.54) is 18.9 Å². The van der Waals surface area contributed by atoms with E-state index in [0.717, 1.165) is 5.52 Å². The van der Waals surface area contributed by atoms with Crippen LogP contribution in [-0.2, 0) is 9.47 Å². The van der Waals surface area contributed by atoms with Crippen LogP contribution in [0.25, 0.3) is 28.0 Å². The number of nitrogens with zero attached hydrogens (tertiary/aromatic N) is 3. The van der Waals surface area contributed by atoms with Crippen LogP contribution in [0.2, 0.25) is 0 Å². The summed E-state index contributed by atoms with van der Waals surface area (Å²) in [4.78, 5) is 32.6. The number of methoxy groups -OCH3 is 2. The highest BCUT2D eigenvalue weighted by atomic mass is 16.5. The lowest BCUT2D eigenvalue weighted by Gasteiger charge is -2.07. The van der Waals surface area contributed by atoms with Crippen molar-refractivity contribution >= 4 is 23.0 Å². The van der Waals surface area contributed by atoms with Crippen molar-refractivity contribution in [3.63, 3.8) is 0 Å². The molecule has 0 atom stereocenters. The first-order valence-electron chi connectivity index (χ1n) is 8.43. The third kappa shape index (κ3) is 2.71. The highest BCUT2D eigenvalue weighted by Gasteiger charge is 2.32. The van der Waals surface area contributed by atoms with Gasteiger partial charge in [0, 0.05) is 5.56 Å². The number of hydrogen-bond donors (Lipinski definition) is 1. The molecule has 4 rings (SSSR count). The summed E-state index contributed by atoms with van der Waals surface area (Å²) >= 11 is 0. The second-order valence-corrected chi connectivity index (χ2v) is 5.91. The second-order valence-electron chi connectivity index (χ2n) is 5.91. The van der Waals surface area contributed by atoms with E-state index in [0.29, 0.717) is 16.8 Å². The van der Waals surface area contributed by atoms with E-state index in [1.54, 1.807) is 24.5 Å². The molecular formula is C20H16N4O4. The van der Waals surface area contributed by atoms with Crippen molar-refractivity contribution in [1.82, 2.24) is 19.7 Å². The summed E-state index contributed by atoms with van der Waals surface area (Å²) in [5.41, 5.74) is 2.90. The molecule has 0 saturated heterocycles.